The van der Waals surface area contributed by atoms with Crippen molar-refractivity contribution in [1.29, 1.82) is 0 Å². The summed E-state index contributed by atoms with van der Waals surface area (Å²) in [6.07, 6.45) is 0.760. The molecular weight excluding hydrogens is 226 g/mol. The van der Waals surface area contributed by atoms with Gasteiger partial charge in [0.2, 0.25) is 0 Å². The molecule has 0 aliphatic heterocycles. The number of aldehydes is 1. The number of nitrogens with one attached hydrogen (secondary N) is 1. The van der Waals surface area contributed by atoms with Crippen LogP contribution in [0.15, 0.2) is 48.5 Å². The number of anilines is 1. The van der Waals surface area contributed by atoms with Crippen LogP contribution in [0.4, 0.5) is 5.69 Å². The molecule has 0 saturated heterocycles. The molecule has 0 saturated carbocycles. The minimum absolute atomic E-state index is 0.218. The Hall–Kier alpha value is -2.42. The molecular formula is C15H13NO2. The third kappa shape index (κ3) is 2.46. The van der Waals surface area contributed by atoms with E-state index in [0.29, 0.717) is 16.8 Å². The molecule has 2 rings (SSSR count). The summed E-state index contributed by atoms with van der Waals surface area (Å²) >= 11 is 0. The van der Waals surface area contributed by atoms with Crippen molar-refractivity contribution in [2.75, 3.05) is 5.32 Å². The topological polar surface area (TPSA) is 46.2 Å². The van der Waals surface area contributed by atoms with Crippen LogP contribution >= 0.6 is 0 Å². The molecule has 0 aliphatic carbocycles. The molecule has 3 heteroatoms. The van der Waals surface area contributed by atoms with Gasteiger partial charge in [0, 0.05) is 11.1 Å². The van der Waals surface area contributed by atoms with Crippen molar-refractivity contribution in [3.05, 3.63) is 65.2 Å². The molecule has 2 aromatic rings. The van der Waals surface area contributed by atoms with Crippen molar-refractivity contribution in [3.8, 4) is 0 Å². The van der Waals surface area contributed by atoms with Crippen molar-refractivity contribution in [1.82, 2.24) is 0 Å². The van der Waals surface area contributed by atoms with Gasteiger partial charge in [-0.2, -0.15) is 0 Å². The zero-order chi connectivity index (χ0) is 13.0. The first-order valence-electron chi connectivity index (χ1n) is 5.63. The van der Waals surface area contributed by atoms with Crippen LogP contribution in [0.5, 0.6) is 0 Å². The van der Waals surface area contributed by atoms with E-state index in [2.05, 4.69) is 5.32 Å². The lowest BCUT2D eigenvalue weighted by Crippen LogP contribution is -2.13. The number of hydrogen-bond donors (Lipinski definition) is 1. The summed E-state index contributed by atoms with van der Waals surface area (Å²) in [5.74, 6) is -0.218. The van der Waals surface area contributed by atoms with Gasteiger partial charge in [-0.1, -0.05) is 30.3 Å². The molecule has 0 radical (unpaired) electrons. The summed E-state index contributed by atoms with van der Waals surface area (Å²) in [5.41, 5.74) is 2.47. The predicted molar refractivity (Wildman–Crippen MR) is 71.0 cm³/mol. The fourth-order valence-electron chi connectivity index (χ4n) is 1.73. The summed E-state index contributed by atoms with van der Waals surface area (Å²) in [5, 5.41) is 2.75. The Morgan fingerprint density at radius 1 is 1.06 bits per heavy atom. The number of benzene rings is 2. The second kappa shape index (κ2) is 5.27. The monoisotopic (exact) mass is 239 g/mol. The Labute approximate surface area is 105 Å². The SMILES string of the molecule is Cc1cccc(NC(=O)c2ccccc2)c1C=O. The smallest absolute Gasteiger partial charge is 0.255 e. The van der Waals surface area contributed by atoms with Crippen molar-refractivity contribution < 1.29 is 9.59 Å². The first-order chi connectivity index (χ1) is 8.72. The zero-order valence-electron chi connectivity index (χ0n) is 10.0. The average Bonchev–Trinajstić information content (AvgIpc) is 2.40. The largest absolute Gasteiger partial charge is 0.321 e. The molecule has 0 bridgehead atoms. The van der Waals surface area contributed by atoms with Crippen molar-refractivity contribution >= 4 is 17.9 Å². The van der Waals surface area contributed by atoms with E-state index in [1.54, 1.807) is 30.3 Å². The highest BCUT2D eigenvalue weighted by Gasteiger charge is 2.09. The van der Waals surface area contributed by atoms with E-state index in [1.807, 2.05) is 25.1 Å². The molecule has 3 nitrogen and oxygen atoms in total. The Morgan fingerprint density at radius 3 is 2.44 bits per heavy atom. The number of rotatable bonds is 3. The molecule has 0 aromatic heterocycles. The maximum atomic E-state index is 12.0. The molecule has 1 amide bonds. The second-order valence-corrected chi connectivity index (χ2v) is 3.97. The average molecular weight is 239 g/mol. The van der Waals surface area contributed by atoms with Gasteiger partial charge in [-0.3, -0.25) is 9.59 Å². The van der Waals surface area contributed by atoms with E-state index in [4.69, 9.17) is 0 Å². The first-order valence-corrected chi connectivity index (χ1v) is 5.63. The van der Waals surface area contributed by atoms with E-state index >= 15 is 0 Å². The summed E-state index contributed by atoms with van der Waals surface area (Å²) in [4.78, 5) is 23.0. The molecule has 0 spiro atoms. The van der Waals surface area contributed by atoms with E-state index < -0.39 is 0 Å². The molecule has 18 heavy (non-hydrogen) atoms. The van der Waals surface area contributed by atoms with Crippen molar-refractivity contribution in [3.63, 3.8) is 0 Å². The highest BCUT2D eigenvalue weighted by atomic mass is 16.1. The lowest BCUT2D eigenvalue weighted by molar-refractivity contribution is 0.102. The van der Waals surface area contributed by atoms with E-state index in [0.717, 1.165) is 11.8 Å². The van der Waals surface area contributed by atoms with E-state index in [1.165, 1.54) is 0 Å². The van der Waals surface area contributed by atoms with Crippen LogP contribution in [0.3, 0.4) is 0 Å². The molecule has 0 aliphatic rings. The summed E-state index contributed by atoms with van der Waals surface area (Å²) < 4.78 is 0. The molecule has 0 atom stereocenters. The zero-order valence-corrected chi connectivity index (χ0v) is 10.0. The standard InChI is InChI=1S/C15H13NO2/c1-11-6-5-9-14(13(11)10-17)16-15(18)12-7-3-2-4-8-12/h2-10H,1H3,(H,16,18). The van der Waals surface area contributed by atoms with Gasteiger partial charge in [0.15, 0.2) is 6.29 Å². The van der Waals surface area contributed by atoms with Gasteiger partial charge in [0.1, 0.15) is 0 Å². The van der Waals surface area contributed by atoms with Crippen LogP contribution in [0.25, 0.3) is 0 Å². The second-order valence-electron chi connectivity index (χ2n) is 3.97. The number of aryl methyl sites for hydroxylation is 1. The van der Waals surface area contributed by atoms with Gasteiger partial charge in [0.25, 0.3) is 5.91 Å². The third-order valence-corrected chi connectivity index (χ3v) is 2.73. The highest BCUT2D eigenvalue weighted by Crippen LogP contribution is 2.18. The normalized spacial score (nSPS) is 9.83. The maximum Gasteiger partial charge on any atom is 0.255 e. The van der Waals surface area contributed by atoms with Gasteiger partial charge in [0.05, 0.1) is 5.69 Å². The molecule has 0 heterocycles. The minimum atomic E-state index is -0.218. The molecule has 0 unspecified atom stereocenters. The number of carbonyl (C=O) groups excluding carboxylic acids is 2. The fourth-order valence-corrected chi connectivity index (χ4v) is 1.73. The molecule has 2 aromatic carbocycles. The molecule has 1 N–H and O–H groups in total. The summed E-state index contributed by atoms with van der Waals surface area (Å²) in [6, 6.07) is 14.3. The lowest BCUT2D eigenvalue weighted by atomic mass is 10.1. The van der Waals surface area contributed by atoms with Crippen LogP contribution in [0.1, 0.15) is 26.3 Å². The van der Waals surface area contributed by atoms with Crippen LogP contribution in [-0.4, -0.2) is 12.2 Å². The Kier molecular flexibility index (Phi) is 3.53. The highest BCUT2D eigenvalue weighted by molar-refractivity contribution is 6.06. The fraction of sp³-hybridized carbons (Fsp3) is 0.0667. The van der Waals surface area contributed by atoms with Crippen LogP contribution in [-0.2, 0) is 0 Å². The number of hydrogen-bond acceptors (Lipinski definition) is 2. The van der Waals surface area contributed by atoms with Gasteiger partial charge < -0.3 is 5.32 Å². The van der Waals surface area contributed by atoms with Gasteiger partial charge >= 0.3 is 0 Å². The van der Waals surface area contributed by atoms with Crippen LogP contribution in [0.2, 0.25) is 0 Å². The van der Waals surface area contributed by atoms with Gasteiger partial charge in [-0.25, -0.2) is 0 Å². The summed E-state index contributed by atoms with van der Waals surface area (Å²) in [7, 11) is 0. The Morgan fingerprint density at radius 2 is 1.78 bits per heavy atom. The van der Waals surface area contributed by atoms with Crippen LogP contribution in [0, 0.1) is 6.92 Å². The molecule has 90 valence electrons. The predicted octanol–water partition coefficient (Wildman–Crippen LogP) is 3.06. The van der Waals surface area contributed by atoms with E-state index in [-0.39, 0.29) is 5.91 Å². The Bertz CT molecular complexity index is 576. The third-order valence-electron chi connectivity index (χ3n) is 2.73. The Balaban J connectivity index is 2.28. The van der Waals surface area contributed by atoms with Gasteiger partial charge in [-0.05, 0) is 30.7 Å². The van der Waals surface area contributed by atoms with Crippen molar-refractivity contribution in [2.24, 2.45) is 0 Å². The van der Waals surface area contributed by atoms with Gasteiger partial charge in [-0.15, -0.1) is 0 Å². The first kappa shape index (κ1) is 12.0. The van der Waals surface area contributed by atoms with E-state index in [9.17, 15) is 9.59 Å². The number of carbonyl (C=O) groups is 2. The minimum Gasteiger partial charge on any atom is -0.321 e. The number of amides is 1. The van der Waals surface area contributed by atoms with Crippen LogP contribution < -0.4 is 5.32 Å². The lowest BCUT2D eigenvalue weighted by Gasteiger charge is -2.09. The quantitative estimate of drug-likeness (QED) is 0.837. The summed E-state index contributed by atoms with van der Waals surface area (Å²) in [6.45, 7) is 1.84. The molecule has 0 fully saturated rings. The maximum absolute atomic E-state index is 12.0. The van der Waals surface area contributed by atoms with Crippen molar-refractivity contribution in [2.45, 2.75) is 6.92 Å².